The summed E-state index contributed by atoms with van der Waals surface area (Å²) in [6.45, 7) is 0.271. The molecule has 0 amide bonds. The SMILES string of the molecule is C#CCOc1ccccc1COc1c(OC)cc([C@@H]2c3cc4c(cc3[C@@H](O[C@@H]3O[C@@H]5CO[C@@H](N)O[C@H]5[C@H](O)[C@H]3O)[C@H]3COC(=O)[C@H]23)OCO4)cc1OC. The molecule has 4 aliphatic heterocycles. The molecule has 0 aromatic heterocycles. The molecule has 0 radical (unpaired) electrons. The van der Waals surface area contributed by atoms with Crippen LogP contribution in [0.4, 0.5) is 0 Å². The van der Waals surface area contributed by atoms with E-state index in [2.05, 4.69) is 5.92 Å². The average molecular weight is 734 g/mol. The molecule has 3 fully saturated rings. The van der Waals surface area contributed by atoms with Gasteiger partial charge in [-0.05, 0) is 47.0 Å². The molecule has 0 unspecified atom stereocenters. The van der Waals surface area contributed by atoms with E-state index in [9.17, 15) is 15.0 Å². The lowest BCUT2D eigenvalue weighted by molar-refractivity contribution is -0.366. The van der Waals surface area contributed by atoms with Crippen molar-refractivity contribution >= 4 is 5.97 Å². The molecule has 4 N–H and O–H groups in total. The minimum atomic E-state index is -1.51. The van der Waals surface area contributed by atoms with Crippen molar-refractivity contribution in [2.24, 2.45) is 17.6 Å². The molecular formula is C38H39NO14. The Morgan fingerprint density at radius 1 is 0.906 bits per heavy atom. The van der Waals surface area contributed by atoms with Crippen molar-refractivity contribution < 1.29 is 67.1 Å². The van der Waals surface area contributed by atoms with Gasteiger partial charge in [0.25, 0.3) is 0 Å². The van der Waals surface area contributed by atoms with Crippen LogP contribution in [-0.4, -0.2) is 94.1 Å². The summed E-state index contributed by atoms with van der Waals surface area (Å²) in [4.78, 5) is 13.7. The third-order valence-corrected chi connectivity index (χ3v) is 10.3. The molecule has 10 atom stereocenters. The average Bonchev–Trinajstić information content (AvgIpc) is 3.80. The summed E-state index contributed by atoms with van der Waals surface area (Å²) in [5.74, 6) is 2.76. The highest BCUT2D eigenvalue weighted by Crippen LogP contribution is 2.57. The van der Waals surface area contributed by atoms with Crippen molar-refractivity contribution in [3.8, 4) is 46.8 Å². The van der Waals surface area contributed by atoms with Crippen LogP contribution in [0.15, 0.2) is 48.5 Å². The number of aliphatic hydroxyl groups is 2. The summed E-state index contributed by atoms with van der Waals surface area (Å²) in [6.07, 6.45) is -2.42. The number of terminal acetylenes is 1. The summed E-state index contributed by atoms with van der Waals surface area (Å²) >= 11 is 0. The van der Waals surface area contributed by atoms with Gasteiger partial charge in [-0.1, -0.05) is 24.1 Å². The maximum atomic E-state index is 13.7. The number of hydrogen-bond donors (Lipinski definition) is 3. The number of cyclic esters (lactones) is 1. The largest absolute Gasteiger partial charge is 0.493 e. The van der Waals surface area contributed by atoms with Crippen LogP contribution in [0.3, 0.4) is 0 Å². The van der Waals surface area contributed by atoms with Gasteiger partial charge >= 0.3 is 5.97 Å². The fourth-order valence-corrected chi connectivity index (χ4v) is 7.79. The standard InChI is InChI=1S/C38H39NO14/c1-4-9-45-23-8-6-5-7-18(23)14-46-34-26(43-2)10-19(11-27(34)44-3)29-20-12-24-25(50-17-49-24)13-21(20)33(22-15-47-36(42)30(22)29)52-37-32(41)31(40)35-28(51-37)16-48-38(39)53-35/h1,5-8,10-13,22,28-33,35,37-38,40-41H,9,14-17,39H2,2-3H3/t22-,28+,29+,30-,31+,32+,33+,35+,37-,38+/m0/s1. The predicted molar refractivity (Wildman–Crippen MR) is 180 cm³/mol. The highest BCUT2D eigenvalue weighted by Gasteiger charge is 2.56. The number of aliphatic hydroxyl groups excluding tert-OH is 2. The Hall–Kier alpha value is -4.79. The second-order valence-electron chi connectivity index (χ2n) is 13.2. The van der Waals surface area contributed by atoms with Crippen molar-refractivity contribution in [1.29, 1.82) is 0 Å². The van der Waals surface area contributed by atoms with E-state index in [1.165, 1.54) is 14.2 Å². The van der Waals surface area contributed by atoms with E-state index in [1.54, 1.807) is 18.2 Å². The third kappa shape index (κ3) is 6.36. The first-order valence-electron chi connectivity index (χ1n) is 17.1. The number of benzene rings is 3. The van der Waals surface area contributed by atoms with Crippen molar-refractivity contribution in [2.45, 2.75) is 55.7 Å². The lowest BCUT2D eigenvalue weighted by Crippen LogP contribution is -2.64. The second-order valence-corrected chi connectivity index (χ2v) is 13.2. The van der Waals surface area contributed by atoms with Gasteiger partial charge in [0.2, 0.25) is 19.0 Å². The first-order valence-corrected chi connectivity index (χ1v) is 17.1. The third-order valence-electron chi connectivity index (χ3n) is 10.3. The maximum absolute atomic E-state index is 13.7. The number of methoxy groups -OCH3 is 2. The number of ether oxygens (including phenoxy) is 11. The molecule has 1 aliphatic carbocycles. The second kappa shape index (κ2) is 14.6. The zero-order chi connectivity index (χ0) is 36.8. The van der Waals surface area contributed by atoms with Crippen LogP contribution in [0.2, 0.25) is 0 Å². The van der Waals surface area contributed by atoms with Gasteiger partial charge in [0.05, 0.1) is 39.5 Å². The van der Waals surface area contributed by atoms with Crippen LogP contribution >= 0.6 is 0 Å². The monoisotopic (exact) mass is 733 g/mol. The molecule has 5 aliphatic rings. The van der Waals surface area contributed by atoms with E-state index < -0.39 is 66.9 Å². The number of nitrogens with two attached hydrogens (primary N) is 1. The van der Waals surface area contributed by atoms with E-state index in [4.69, 9.17) is 64.3 Å². The number of hydrogen-bond acceptors (Lipinski definition) is 15. The first kappa shape index (κ1) is 35.3. The van der Waals surface area contributed by atoms with E-state index >= 15 is 0 Å². The smallest absolute Gasteiger partial charge is 0.310 e. The number of carbonyl (C=O) groups is 1. The van der Waals surface area contributed by atoms with E-state index in [0.717, 1.165) is 5.56 Å². The van der Waals surface area contributed by atoms with Crippen LogP contribution in [0.5, 0.6) is 34.5 Å². The summed E-state index contributed by atoms with van der Waals surface area (Å²) in [6, 6.07) is 14.6. The van der Waals surface area contributed by atoms with E-state index in [1.807, 2.05) is 30.3 Å². The van der Waals surface area contributed by atoms with Crippen molar-refractivity contribution in [2.75, 3.05) is 40.8 Å². The molecule has 0 spiro atoms. The van der Waals surface area contributed by atoms with Crippen molar-refractivity contribution in [3.05, 3.63) is 70.8 Å². The quantitative estimate of drug-likeness (QED) is 0.203. The molecule has 15 nitrogen and oxygen atoms in total. The first-order chi connectivity index (χ1) is 25.8. The molecule has 8 rings (SSSR count). The Bertz CT molecular complexity index is 1870. The molecule has 53 heavy (non-hydrogen) atoms. The zero-order valence-corrected chi connectivity index (χ0v) is 28.9. The van der Waals surface area contributed by atoms with E-state index in [-0.39, 0.29) is 33.2 Å². The highest BCUT2D eigenvalue weighted by molar-refractivity contribution is 5.79. The molecule has 4 heterocycles. The molecular weight excluding hydrogens is 694 g/mol. The van der Waals surface area contributed by atoms with Crippen LogP contribution in [-0.2, 0) is 35.1 Å². The summed E-state index contributed by atoms with van der Waals surface area (Å²) < 4.78 is 64.4. The Labute approximate surface area is 304 Å². The fourth-order valence-electron chi connectivity index (χ4n) is 7.79. The van der Waals surface area contributed by atoms with E-state index in [0.29, 0.717) is 51.2 Å². The Balaban J connectivity index is 1.16. The van der Waals surface area contributed by atoms with Crippen LogP contribution in [0.1, 0.15) is 34.3 Å². The minimum absolute atomic E-state index is 0.00967. The Morgan fingerprint density at radius 2 is 1.64 bits per heavy atom. The normalized spacial score (nSPS) is 31.0. The molecule has 280 valence electrons. The van der Waals surface area contributed by atoms with Gasteiger partial charge in [-0.15, -0.1) is 6.42 Å². The van der Waals surface area contributed by atoms with Gasteiger partial charge in [-0.25, -0.2) is 0 Å². The summed E-state index contributed by atoms with van der Waals surface area (Å²) in [5, 5.41) is 22.2. The van der Waals surface area contributed by atoms with Crippen molar-refractivity contribution in [3.63, 3.8) is 0 Å². The Morgan fingerprint density at radius 3 is 2.38 bits per heavy atom. The molecule has 3 saturated heterocycles. The van der Waals surface area contributed by atoms with Gasteiger partial charge in [0.15, 0.2) is 29.3 Å². The van der Waals surface area contributed by atoms with Crippen LogP contribution in [0.25, 0.3) is 0 Å². The highest BCUT2D eigenvalue weighted by atomic mass is 16.8. The van der Waals surface area contributed by atoms with Crippen LogP contribution in [0, 0.1) is 24.2 Å². The fraction of sp³-hybridized carbons (Fsp3) is 0.447. The number of esters is 1. The summed E-state index contributed by atoms with van der Waals surface area (Å²) in [7, 11) is 3.03. The Kier molecular flexibility index (Phi) is 9.68. The lowest BCUT2D eigenvalue weighted by Gasteiger charge is -2.47. The van der Waals surface area contributed by atoms with Gasteiger partial charge in [-0.2, -0.15) is 0 Å². The zero-order valence-electron chi connectivity index (χ0n) is 28.9. The molecule has 15 heteroatoms. The number of rotatable bonds is 10. The maximum Gasteiger partial charge on any atom is 0.310 e. The molecule has 3 aromatic rings. The van der Waals surface area contributed by atoms with Gasteiger partial charge in [0.1, 0.15) is 43.4 Å². The minimum Gasteiger partial charge on any atom is -0.493 e. The topological polar surface area (TPSA) is 185 Å². The lowest BCUT2D eigenvalue weighted by atomic mass is 9.66. The number of carbonyl (C=O) groups excluding carboxylic acids is 1. The van der Waals surface area contributed by atoms with Gasteiger partial charge < -0.3 is 62.3 Å². The van der Waals surface area contributed by atoms with Crippen molar-refractivity contribution in [1.82, 2.24) is 0 Å². The molecule has 0 saturated carbocycles. The van der Waals surface area contributed by atoms with Gasteiger partial charge in [-0.3, -0.25) is 10.5 Å². The predicted octanol–water partition coefficient (Wildman–Crippen LogP) is 2.12. The number of fused-ring (bicyclic) bond motifs is 4. The van der Waals surface area contributed by atoms with Crippen LogP contribution < -0.4 is 34.2 Å². The molecule has 0 bridgehead atoms. The van der Waals surface area contributed by atoms with Gasteiger partial charge in [0, 0.05) is 17.4 Å². The number of para-hydroxylation sites is 1. The molecule has 3 aromatic carbocycles. The summed E-state index contributed by atoms with van der Waals surface area (Å²) in [5.41, 5.74) is 8.53.